The fraction of sp³-hybridized carbons (Fsp3) is 1.00. The lowest BCUT2D eigenvalue weighted by atomic mass is 10.1. The van der Waals surface area contributed by atoms with Crippen LogP contribution in [0.1, 0.15) is 40.5 Å². The number of piperazine rings is 1. The van der Waals surface area contributed by atoms with Gasteiger partial charge in [0, 0.05) is 38.3 Å². The molecule has 0 bridgehead atoms. The summed E-state index contributed by atoms with van der Waals surface area (Å²) in [5.41, 5.74) is 0. The molecule has 102 valence electrons. The van der Waals surface area contributed by atoms with Crippen LogP contribution >= 0.6 is 0 Å². The van der Waals surface area contributed by atoms with Gasteiger partial charge in [-0.3, -0.25) is 4.90 Å². The third kappa shape index (κ3) is 5.84. The Morgan fingerprint density at radius 3 is 2.82 bits per heavy atom. The Hall–Kier alpha value is -0.120. The number of ether oxygens (including phenoxy) is 1. The molecule has 0 spiro atoms. The van der Waals surface area contributed by atoms with E-state index in [0.29, 0.717) is 18.0 Å². The molecule has 0 aliphatic carbocycles. The highest BCUT2D eigenvalue weighted by Gasteiger charge is 2.24. The van der Waals surface area contributed by atoms with Crippen molar-refractivity contribution >= 4 is 0 Å². The largest absolute Gasteiger partial charge is 0.380 e. The van der Waals surface area contributed by atoms with Crippen molar-refractivity contribution in [2.75, 3.05) is 32.8 Å². The van der Waals surface area contributed by atoms with Crippen molar-refractivity contribution in [1.82, 2.24) is 10.2 Å². The number of hydrogen-bond acceptors (Lipinski definition) is 3. The summed E-state index contributed by atoms with van der Waals surface area (Å²) in [4.78, 5) is 2.60. The summed E-state index contributed by atoms with van der Waals surface area (Å²) in [5.74, 6) is 0.642. The predicted octanol–water partition coefficient (Wildman–Crippen LogP) is 2.12. The highest BCUT2D eigenvalue weighted by molar-refractivity contribution is 4.83. The lowest BCUT2D eigenvalue weighted by Crippen LogP contribution is -2.56. The van der Waals surface area contributed by atoms with E-state index in [1.807, 2.05) is 0 Å². The van der Waals surface area contributed by atoms with Crippen LogP contribution in [0, 0.1) is 5.92 Å². The molecule has 1 fully saturated rings. The van der Waals surface area contributed by atoms with Crippen LogP contribution in [-0.2, 0) is 4.74 Å². The first kappa shape index (κ1) is 14.9. The zero-order valence-corrected chi connectivity index (χ0v) is 12.0. The Labute approximate surface area is 107 Å². The molecule has 3 heteroatoms. The summed E-state index contributed by atoms with van der Waals surface area (Å²) >= 11 is 0. The van der Waals surface area contributed by atoms with E-state index in [2.05, 4.69) is 37.9 Å². The zero-order valence-electron chi connectivity index (χ0n) is 12.0. The number of nitrogens with one attached hydrogen (secondary N) is 1. The van der Waals surface area contributed by atoms with Gasteiger partial charge in [0.05, 0.1) is 6.61 Å². The van der Waals surface area contributed by atoms with Crippen LogP contribution in [0.3, 0.4) is 0 Å². The van der Waals surface area contributed by atoms with Gasteiger partial charge in [-0.1, -0.05) is 27.2 Å². The molecule has 1 heterocycles. The quantitative estimate of drug-likeness (QED) is 0.692. The van der Waals surface area contributed by atoms with Gasteiger partial charge in [0.1, 0.15) is 0 Å². The molecular weight excluding hydrogens is 212 g/mol. The van der Waals surface area contributed by atoms with E-state index in [0.717, 1.165) is 32.8 Å². The van der Waals surface area contributed by atoms with Gasteiger partial charge in [0.15, 0.2) is 0 Å². The fourth-order valence-corrected chi connectivity index (χ4v) is 2.42. The van der Waals surface area contributed by atoms with Crippen molar-refractivity contribution < 1.29 is 4.74 Å². The second-order valence-electron chi connectivity index (χ2n) is 5.72. The summed E-state index contributed by atoms with van der Waals surface area (Å²) in [5, 5.41) is 3.57. The minimum atomic E-state index is 0.619. The van der Waals surface area contributed by atoms with E-state index in [-0.39, 0.29) is 0 Å². The Bertz CT molecular complexity index is 197. The Morgan fingerprint density at radius 2 is 2.18 bits per heavy atom. The smallest absolute Gasteiger partial charge is 0.0593 e. The minimum Gasteiger partial charge on any atom is -0.380 e. The molecule has 0 aromatic carbocycles. The molecule has 1 aliphatic heterocycles. The average molecular weight is 242 g/mol. The van der Waals surface area contributed by atoms with E-state index >= 15 is 0 Å². The third-order valence-electron chi connectivity index (χ3n) is 3.32. The van der Waals surface area contributed by atoms with Crippen molar-refractivity contribution in [3.8, 4) is 0 Å². The van der Waals surface area contributed by atoms with Gasteiger partial charge in [-0.15, -0.1) is 0 Å². The lowest BCUT2D eigenvalue weighted by Gasteiger charge is -2.39. The van der Waals surface area contributed by atoms with Gasteiger partial charge in [-0.2, -0.15) is 0 Å². The Kier molecular flexibility index (Phi) is 7.09. The molecule has 2 atom stereocenters. The molecule has 2 unspecified atom stereocenters. The molecule has 1 rings (SSSR count). The topological polar surface area (TPSA) is 24.5 Å². The van der Waals surface area contributed by atoms with E-state index in [9.17, 15) is 0 Å². The maximum absolute atomic E-state index is 5.70. The van der Waals surface area contributed by atoms with E-state index in [1.165, 1.54) is 12.8 Å². The van der Waals surface area contributed by atoms with Crippen LogP contribution in [0.5, 0.6) is 0 Å². The molecule has 1 saturated heterocycles. The average Bonchev–Trinajstić information content (AvgIpc) is 2.28. The Morgan fingerprint density at radius 1 is 1.41 bits per heavy atom. The van der Waals surface area contributed by atoms with Gasteiger partial charge in [-0.25, -0.2) is 0 Å². The monoisotopic (exact) mass is 242 g/mol. The SMILES string of the molecule is CCCC1CNC(C)CN1CCOCC(C)C. The van der Waals surface area contributed by atoms with Crippen molar-refractivity contribution in [3.05, 3.63) is 0 Å². The first-order valence-corrected chi connectivity index (χ1v) is 7.18. The van der Waals surface area contributed by atoms with E-state index in [4.69, 9.17) is 4.74 Å². The number of nitrogens with zero attached hydrogens (tertiary/aromatic N) is 1. The summed E-state index contributed by atoms with van der Waals surface area (Å²) in [6, 6.07) is 1.33. The molecule has 1 aliphatic rings. The van der Waals surface area contributed by atoms with Gasteiger partial charge >= 0.3 is 0 Å². The van der Waals surface area contributed by atoms with E-state index < -0.39 is 0 Å². The molecule has 0 aromatic rings. The molecule has 0 saturated carbocycles. The lowest BCUT2D eigenvalue weighted by molar-refractivity contribution is 0.0544. The normalized spacial score (nSPS) is 26.6. The summed E-state index contributed by atoms with van der Waals surface area (Å²) in [6.45, 7) is 14.1. The molecule has 0 radical (unpaired) electrons. The predicted molar refractivity (Wildman–Crippen MR) is 73.4 cm³/mol. The summed E-state index contributed by atoms with van der Waals surface area (Å²) < 4.78 is 5.70. The van der Waals surface area contributed by atoms with Crippen LogP contribution < -0.4 is 5.32 Å². The second-order valence-corrected chi connectivity index (χ2v) is 5.72. The highest BCUT2D eigenvalue weighted by Crippen LogP contribution is 2.11. The molecule has 17 heavy (non-hydrogen) atoms. The molecule has 1 N–H and O–H groups in total. The maximum Gasteiger partial charge on any atom is 0.0593 e. The second kappa shape index (κ2) is 8.06. The van der Waals surface area contributed by atoms with Crippen LogP contribution in [0.15, 0.2) is 0 Å². The first-order valence-electron chi connectivity index (χ1n) is 7.18. The maximum atomic E-state index is 5.70. The van der Waals surface area contributed by atoms with Crippen molar-refractivity contribution in [1.29, 1.82) is 0 Å². The van der Waals surface area contributed by atoms with Crippen LogP contribution in [0.4, 0.5) is 0 Å². The van der Waals surface area contributed by atoms with Crippen LogP contribution in [0.2, 0.25) is 0 Å². The van der Waals surface area contributed by atoms with Gasteiger partial charge in [0.2, 0.25) is 0 Å². The summed E-state index contributed by atoms with van der Waals surface area (Å²) in [7, 11) is 0. The minimum absolute atomic E-state index is 0.619. The van der Waals surface area contributed by atoms with E-state index in [1.54, 1.807) is 0 Å². The highest BCUT2D eigenvalue weighted by atomic mass is 16.5. The molecule has 0 amide bonds. The van der Waals surface area contributed by atoms with Crippen molar-refractivity contribution in [3.63, 3.8) is 0 Å². The summed E-state index contributed by atoms with van der Waals surface area (Å²) in [6.07, 6.45) is 2.56. The number of rotatable bonds is 7. The van der Waals surface area contributed by atoms with Crippen LogP contribution in [-0.4, -0.2) is 49.8 Å². The van der Waals surface area contributed by atoms with Gasteiger partial charge in [0.25, 0.3) is 0 Å². The van der Waals surface area contributed by atoms with Crippen molar-refractivity contribution in [2.24, 2.45) is 5.92 Å². The van der Waals surface area contributed by atoms with Crippen LogP contribution in [0.25, 0.3) is 0 Å². The fourth-order valence-electron chi connectivity index (χ4n) is 2.42. The van der Waals surface area contributed by atoms with Crippen molar-refractivity contribution in [2.45, 2.75) is 52.6 Å². The number of hydrogen-bond donors (Lipinski definition) is 1. The van der Waals surface area contributed by atoms with Gasteiger partial charge < -0.3 is 10.1 Å². The molecule has 3 nitrogen and oxygen atoms in total. The standard InChI is InChI=1S/C14H30N2O/c1-5-6-14-9-15-13(4)10-16(14)7-8-17-11-12(2)3/h12-15H,5-11H2,1-4H3. The Balaban J connectivity index is 2.25. The molecular formula is C14H30N2O. The van der Waals surface area contributed by atoms with Gasteiger partial charge in [-0.05, 0) is 19.3 Å². The third-order valence-corrected chi connectivity index (χ3v) is 3.32. The zero-order chi connectivity index (χ0) is 12.7. The molecule has 0 aromatic heterocycles. The first-order chi connectivity index (χ1) is 8.13.